The number of hydrogen-bond donors (Lipinski definition) is 2. The minimum atomic E-state index is -0.617. The first kappa shape index (κ1) is 13.8. The molecule has 1 aliphatic heterocycles. The zero-order valence-electron chi connectivity index (χ0n) is 11.4. The summed E-state index contributed by atoms with van der Waals surface area (Å²) in [5.74, 6) is -0.743. The molecule has 0 spiro atoms. The van der Waals surface area contributed by atoms with Crippen molar-refractivity contribution in [1.82, 2.24) is 10.2 Å². The second-order valence-corrected chi connectivity index (χ2v) is 5.90. The highest BCUT2D eigenvalue weighted by atomic mass is 16.4. The lowest BCUT2D eigenvalue weighted by Gasteiger charge is -2.30. The molecule has 4 heteroatoms. The van der Waals surface area contributed by atoms with E-state index < -0.39 is 5.97 Å². The Morgan fingerprint density at radius 1 is 1.33 bits per heavy atom. The highest BCUT2D eigenvalue weighted by Gasteiger charge is 2.27. The van der Waals surface area contributed by atoms with Gasteiger partial charge in [-0.25, -0.2) is 0 Å². The van der Waals surface area contributed by atoms with Gasteiger partial charge in [0.15, 0.2) is 0 Å². The molecule has 0 aromatic rings. The van der Waals surface area contributed by atoms with E-state index in [9.17, 15) is 4.79 Å². The second kappa shape index (κ2) is 6.53. The van der Waals surface area contributed by atoms with E-state index in [1.165, 1.54) is 25.9 Å². The summed E-state index contributed by atoms with van der Waals surface area (Å²) in [6, 6.07) is 0.989. The number of aliphatic carboxylic acids is 1. The molecule has 1 saturated heterocycles. The number of rotatable bonds is 5. The van der Waals surface area contributed by atoms with Gasteiger partial charge in [0.25, 0.3) is 0 Å². The molecule has 3 atom stereocenters. The van der Waals surface area contributed by atoms with Crippen LogP contribution in [0.15, 0.2) is 0 Å². The Balaban J connectivity index is 1.70. The Morgan fingerprint density at radius 2 is 2.06 bits per heavy atom. The van der Waals surface area contributed by atoms with Crippen molar-refractivity contribution in [3.05, 3.63) is 0 Å². The van der Waals surface area contributed by atoms with Gasteiger partial charge < -0.3 is 10.4 Å². The van der Waals surface area contributed by atoms with Gasteiger partial charge in [0.2, 0.25) is 0 Å². The zero-order chi connectivity index (χ0) is 13.0. The third-order valence-corrected chi connectivity index (χ3v) is 4.49. The van der Waals surface area contributed by atoms with Crippen LogP contribution in [-0.2, 0) is 4.79 Å². The topological polar surface area (TPSA) is 52.6 Å². The normalized spacial score (nSPS) is 31.4. The number of nitrogens with zero attached hydrogens (tertiary/aromatic N) is 1. The number of nitrogens with one attached hydrogen (secondary N) is 1. The molecule has 0 aromatic heterocycles. The Bertz CT molecular complexity index is 277. The van der Waals surface area contributed by atoms with Crippen LogP contribution in [0.3, 0.4) is 0 Å². The summed E-state index contributed by atoms with van der Waals surface area (Å²) >= 11 is 0. The maximum atomic E-state index is 11.0. The molecule has 0 amide bonds. The highest BCUT2D eigenvalue weighted by Crippen LogP contribution is 2.24. The van der Waals surface area contributed by atoms with Crippen molar-refractivity contribution in [2.24, 2.45) is 5.92 Å². The van der Waals surface area contributed by atoms with Crippen LogP contribution in [0, 0.1) is 5.92 Å². The minimum absolute atomic E-state index is 0.127. The van der Waals surface area contributed by atoms with Crippen molar-refractivity contribution in [3.63, 3.8) is 0 Å². The predicted octanol–water partition coefficient (Wildman–Crippen LogP) is 1.70. The number of likely N-dealkylation sites (tertiary alicyclic amines) is 1. The van der Waals surface area contributed by atoms with E-state index >= 15 is 0 Å². The summed E-state index contributed by atoms with van der Waals surface area (Å²) in [6.07, 6.45) is 6.50. The van der Waals surface area contributed by atoms with Gasteiger partial charge in [-0.15, -0.1) is 0 Å². The van der Waals surface area contributed by atoms with Gasteiger partial charge in [-0.2, -0.15) is 0 Å². The molecule has 2 fully saturated rings. The maximum Gasteiger partial charge on any atom is 0.306 e. The van der Waals surface area contributed by atoms with Crippen molar-refractivity contribution in [3.8, 4) is 0 Å². The van der Waals surface area contributed by atoms with Crippen LogP contribution < -0.4 is 5.32 Å². The van der Waals surface area contributed by atoms with E-state index in [2.05, 4.69) is 17.1 Å². The van der Waals surface area contributed by atoms with E-state index in [1.807, 2.05) is 0 Å². The monoisotopic (exact) mass is 254 g/mol. The zero-order valence-corrected chi connectivity index (χ0v) is 11.4. The molecular formula is C14H26N2O2. The fourth-order valence-corrected chi connectivity index (χ4v) is 3.25. The fourth-order valence-electron chi connectivity index (χ4n) is 3.25. The lowest BCUT2D eigenvalue weighted by Crippen LogP contribution is -2.44. The van der Waals surface area contributed by atoms with Crippen molar-refractivity contribution >= 4 is 5.97 Å². The molecule has 1 heterocycles. The van der Waals surface area contributed by atoms with Gasteiger partial charge in [-0.1, -0.05) is 6.42 Å². The van der Waals surface area contributed by atoms with Gasteiger partial charge >= 0.3 is 5.97 Å². The first-order chi connectivity index (χ1) is 8.66. The van der Waals surface area contributed by atoms with Crippen LogP contribution >= 0.6 is 0 Å². The Morgan fingerprint density at radius 3 is 2.72 bits per heavy atom. The molecule has 1 saturated carbocycles. The van der Waals surface area contributed by atoms with Crippen molar-refractivity contribution in [1.29, 1.82) is 0 Å². The van der Waals surface area contributed by atoms with Crippen LogP contribution in [0.1, 0.15) is 45.4 Å². The van der Waals surface area contributed by atoms with Gasteiger partial charge in [-0.3, -0.25) is 9.69 Å². The number of carboxylic acid groups (broad SMARTS) is 1. The molecule has 4 nitrogen and oxygen atoms in total. The standard InChI is InChI=1S/C14H26N2O2/c1-11(16-7-2-3-8-16)10-15-13-6-4-5-12(9-13)14(17)18/h11-13,15H,2-10H2,1H3,(H,17,18). The van der Waals surface area contributed by atoms with Crippen molar-refractivity contribution in [2.75, 3.05) is 19.6 Å². The molecule has 0 aromatic carbocycles. The molecule has 3 unspecified atom stereocenters. The first-order valence-corrected chi connectivity index (χ1v) is 7.37. The van der Waals surface area contributed by atoms with E-state index in [4.69, 9.17) is 5.11 Å². The van der Waals surface area contributed by atoms with E-state index in [-0.39, 0.29) is 5.92 Å². The third-order valence-electron chi connectivity index (χ3n) is 4.49. The van der Waals surface area contributed by atoms with Crippen LogP contribution in [0.5, 0.6) is 0 Å². The van der Waals surface area contributed by atoms with Crippen LogP contribution in [0.4, 0.5) is 0 Å². The van der Waals surface area contributed by atoms with Gasteiger partial charge in [0.1, 0.15) is 0 Å². The Hall–Kier alpha value is -0.610. The fraction of sp³-hybridized carbons (Fsp3) is 0.929. The molecule has 2 N–H and O–H groups in total. The summed E-state index contributed by atoms with van der Waals surface area (Å²) in [5, 5.41) is 12.6. The largest absolute Gasteiger partial charge is 0.481 e. The summed E-state index contributed by atoms with van der Waals surface area (Å²) < 4.78 is 0. The van der Waals surface area contributed by atoms with Crippen molar-refractivity contribution in [2.45, 2.75) is 57.5 Å². The molecule has 18 heavy (non-hydrogen) atoms. The van der Waals surface area contributed by atoms with Crippen LogP contribution in [0.25, 0.3) is 0 Å². The average molecular weight is 254 g/mol. The quantitative estimate of drug-likeness (QED) is 0.784. The molecule has 1 aliphatic carbocycles. The average Bonchev–Trinajstić information content (AvgIpc) is 2.90. The van der Waals surface area contributed by atoms with E-state index in [0.29, 0.717) is 12.1 Å². The Kier molecular flexibility index (Phi) is 5.01. The Labute approximate surface area is 110 Å². The second-order valence-electron chi connectivity index (χ2n) is 5.90. The highest BCUT2D eigenvalue weighted by molar-refractivity contribution is 5.70. The SMILES string of the molecule is CC(CNC1CCCC(C(=O)O)C1)N1CCCC1. The summed E-state index contributed by atoms with van der Waals surface area (Å²) in [5.41, 5.74) is 0. The smallest absolute Gasteiger partial charge is 0.306 e. The first-order valence-electron chi connectivity index (χ1n) is 7.37. The van der Waals surface area contributed by atoms with E-state index in [1.54, 1.807) is 0 Å². The summed E-state index contributed by atoms with van der Waals surface area (Å²) in [4.78, 5) is 13.5. The number of carboxylic acids is 1. The molecule has 104 valence electrons. The molecule has 0 radical (unpaired) electrons. The molecule has 2 aliphatic rings. The van der Waals surface area contributed by atoms with Gasteiger partial charge in [-0.05, 0) is 52.1 Å². The van der Waals surface area contributed by atoms with Crippen LogP contribution in [0.2, 0.25) is 0 Å². The lowest BCUT2D eigenvalue weighted by molar-refractivity contribution is -0.143. The number of carbonyl (C=O) groups is 1. The van der Waals surface area contributed by atoms with Gasteiger partial charge in [0.05, 0.1) is 5.92 Å². The van der Waals surface area contributed by atoms with Gasteiger partial charge in [0, 0.05) is 18.6 Å². The summed E-state index contributed by atoms with van der Waals surface area (Å²) in [7, 11) is 0. The predicted molar refractivity (Wildman–Crippen MR) is 71.7 cm³/mol. The number of hydrogen-bond acceptors (Lipinski definition) is 3. The molecule has 0 bridgehead atoms. The maximum absolute atomic E-state index is 11.0. The lowest BCUT2D eigenvalue weighted by atomic mass is 9.86. The third kappa shape index (κ3) is 3.69. The minimum Gasteiger partial charge on any atom is -0.481 e. The molecular weight excluding hydrogens is 228 g/mol. The molecule has 2 rings (SSSR count). The summed E-state index contributed by atoms with van der Waals surface area (Å²) in [6.45, 7) is 5.73. The van der Waals surface area contributed by atoms with Crippen LogP contribution in [-0.4, -0.2) is 47.7 Å². The van der Waals surface area contributed by atoms with E-state index in [0.717, 1.165) is 32.2 Å². The van der Waals surface area contributed by atoms with Crippen molar-refractivity contribution < 1.29 is 9.90 Å².